The topological polar surface area (TPSA) is 54.9 Å². The molecule has 76 valence electrons. The van der Waals surface area contributed by atoms with Crippen LogP contribution < -0.4 is 5.32 Å². The summed E-state index contributed by atoms with van der Waals surface area (Å²) in [6.45, 7) is 1.76. The zero-order valence-electron chi connectivity index (χ0n) is 7.82. The molecular formula is C8H10BrN3OS. The van der Waals surface area contributed by atoms with Gasteiger partial charge in [-0.2, -0.15) is 0 Å². The molecule has 1 heterocycles. The molecule has 1 amide bonds. The summed E-state index contributed by atoms with van der Waals surface area (Å²) >= 11 is 4.63. The van der Waals surface area contributed by atoms with Crippen LogP contribution in [0, 0.1) is 0 Å². The van der Waals surface area contributed by atoms with Gasteiger partial charge in [-0.1, -0.05) is 27.7 Å². The summed E-state index contributed by atoms with van der Waals surface area (Å²) in [7, 11) is 0. The van der Waals surface area contributed by atoms with E-state index in [1.165, 1.54) is 11.8 Å². The van der Waals surface area contributed by atoms with E-state index in [2.05, 4.69) is 31.2 Å². The molecule has 0 aliphatic carbocycles. The Morgan fingerprint density at radius 3 is 2.57 bits per heavy atom. The minimum atomic E-state index is -0.220. The summed E-state index contributed by atoms with van der Waals surface area (Å²) in [6.07, 6.45) is 5.08. The summed E-state index contributed by atoms with van der Waals surface area (Å²) in [4.78, 5) is 19.1. The van der Waals surface area contributed by atoms with Crippen LogP contribution in [0.3, 0.4) is 0 Å². The van der Waals surface area contributed by atoms with E-state index in [1.54, 1.807) is 19.3 Å². The molecule has 0 spiro atoms. The number of amides is 1. The maximum Gasteiger partial charge on any atom is 0.237 e. The number of halogens is 1. The molecule has 1 aromatic rings. The van der Waals surface area contributed by atoms with Crippen LogP contribution in [0.5, 0.6) is 0 Å². The van der Waals surface area contributed by atoms with Crippen molar-refractivity contribution in [2.24, 2.45) is 0 Å². The van der Waals surface area contributed by atoms with Gasteiger partial charge in [0.15, 0.2) is 5.16 Å². The van der Waals surface area contributed by atoms with Gasteiger partial charge in [0, 0.05) is 0 Å². The highest BCUT2D eigenvalue weighted by Gasteiger charge is 2.08. The van der Waals surface area contributed by atoms with Gasteiger partial charge < -0.3 is 5.32 Å². The van der Waals surface area contributed by atoms with Crippen LogP contribution in [-0.4, -0.2) is 27.0 Å². The highest BCUT2D eigenvalue weighted by atomic mass is 79.9. The van der Waals surface area contributed by atoms with E-state index in [0.717, 1.165) is 0 Å². The first-order valence-corrected chi connectivity index (χ1v) is 6.08. The molecule has 0 aliphatic heterocycles. The fraction of sp³-hybridized carbons (Fsp3) is 0.375. The highest BCUT2D eigenvalue weighted by Crippen LogP contribution is 2.11. The largest absolute Gasteiger partial charge is 0.322 e. The zero-order chi connectivity index (χ0) is 10.6. The summed E-state index contributed by atoms with van der Waals surface area (Å²) in [6, 6.07) is 0. The second-order valence-corrected chi connectivity index (χ2v) is 4.71. The molecule has 1 N–H and O–H groups in total. The van der Waals surface area contributed by atoms with Gasteiger partial charge in [0.25, 0.3) is 0 Å². The first-order valence-electron chi connectivity index (χ1n) is 3.94. The molecule has 6 heteroatoms. The number of thioether (sulfide) groups is 1. The number of hydrogen-bond donors (Lipinski definition) is 1. The highest BCUT2D eigenvalue weighted by molar-refractivity contribution is 9.10. The van der Waals surface area contributed by atoms with Crippen LogP contribution in [0.25, 0.3) is 0 Å². The molecule has 0 saturated heterocycles. The molecule has 1 rings (SSSR count). The minimum Gasteiger partial charge on any atom is -0.322 e. The first kappa shape index (κ1) is 11.5. The van der Waals surface area contributed by atoms with E-state index >= 15 is 0 Å². The number of carbonyl (C=O) groups is 1. The van der Waals surface area contributed by atoms with Gasteiger partial charge in [0.1, 0.15) is 0 Å². The van der Waals surface area contributed by atoms with Crippen molar-refractivity contribution >= 4 is 39.3 Å². The number of carbonyl (C=O) groups excluding carboxylic acids is 1. The van der Waals surface area contributed by atoms with E-state index in [4.69, 9.17) is 0 Å². The standard InChI is InChI=1S/C8H10BrN3OS/c1-5(9)7(13)12-6-3-10-8(14-2)11-4-6/h3-5H,1-2H3,(H,12,13). The molecular weight excluding hydrogens is 266 g/mol. The molecule has 0 radical (unpaired) electrons. The average Bonchev–Trinajstić information content (AvgIpc) is 2.19. The lowest BCUT2D eigenvalue weighted by Crippen LogP contribution is -2.20. The first-order chi connectivity index (χ1) is 6.63. The molecule has 0 saturated carbocycles. The van der Waals surface area contributed by atoms with Crippen molar-refractivity contribution < 1.29 is 4.79 Å². The summed E-state index contributed by atoms with van der Waals surface area (Å²) in [5, 5.41) is 3.36. The second kappa shape index (κ2) is 5.31. The molecule has 14 heavy (non-hydrogen) atoms. The van der Waals surface area contributed by atoms with E-state index in [1.807, 2.05) is 6.26 Å². The Hall–Kier alpha value is -0.620. The van der Waals surface area contributed by atoms with E-state index < -0.39 is 0 Å². The molecule has 0 aliphatic rings. The normalized spacial score (nSPS) is 12.2. The molecule has 4 nitrogen and oxygen atoms in total. The predicted molar refractivity (Wildman–Crippen MR) is 60.8 cm³/mol. The van der Waals surface area contributed by atoms with Crippen molar-refractivity contribution in [3.63, 3.8) is 0 Å². The second-order valence-electron chi connectivity index (χ2n) is 2.56. The molecule has 0 bridgehead atoms. The summed E-state index contributed by atoms with van der Waals surface area (Å²) in [5.41, 5.74) is 0.610. The van der Waals surface area contributed by atoms with Crippen LogP contribution in [0.15, 0.2) is 17.6 Å². The lowest BCUT2D eigenvalue weighted by molar-refractivity contribution is -0.115. The number of nitrogens with zero attached hydrogens (tertiary/aromatic N) is 2. The van der Waals surface area contributed by atoms with Gasteiger partial charge in [0.05, 0.1) is 22.9 Å². The minimum absolute atomic E-state index is 0.106. The summed E-state index contributed by atoms with van der Waals surface area (Å²) in [5.74, 6) is -0.106. The molecule has 0 aromatic carbocycles. The SMILES string of the molecule is CSc1ncc(NC(=O)C(C)Br)cn1. The van der Waals surface area contributed by atoms with E-state index in [0.29, 0.717) is 10.8 Å². The Balaban J connectivity index is 2.64. The van der Waals surface area contributed by atoms with Crippen molar-refractivity contribution in [2.75, 3.05) is 11.6 Å². The quantitative estimate of drug-likeness (QED) is 0.520. The Bertz CT molecular complexity index is 315. The van der Waals surface area contributed by atoms with Crippen molar-refractivity contribution in [1.82, 2.24) is 9.97 Å². The average molecular weight is 276 g/mol. The van der Waals surface area contributed by atoms with Gasteiger partial charge in [-0.05, 0) is 13.2 Å². The molecule has 0 fully saturated rings. The van der Waals surface area contributed by atoms with Gasteiger partial charge in [-0.25, -0.2) is 9.97 Å². The molecule has 1 atom stereocenters. The Morgan fingerprint density at radius 1 is 1.57 bits per heavy atom. The smallest absolute Gasteiger partial charge is 0.237 e. The van der Waals surface area contributed by atoms with Crippen LogP contribution in [0.2, 0.25) is 0 Å². The third kappa shape index (κ3) is 3.26. The number of hydrogen-bond acceptors (Lipinski definition) is 4. The monoisotopic (exact) mass is 275 g/mol. The zero-order valence-corrected chi connectivity index (χ0v) is 10.2. The van der Waals surface area contributed by atoms with Crippen molar-refractivity contribution in [3.05, 3.63) is 12.4 Å². The number of nitrogens with one attached hydrogen (secondary N) is 1. The van der Waals surface area contributed by atoms with Crippen molar-refractivity contribution in [2.45, 2.75) is 16.9 Å². The summed E-state index contributed by atoms with van der Waals surface area (Å²) < 4.78 is 0. The Labute approximate surface area is 95.0 Å². The Morgan fingerprint density at radius 2 is 2.14 bits per heavy atom. The van der Waals surface area contributed by atoms with Gasteiger partial charge in [-0.3, -0.25) is 4.79 Å². The number of alkyl halides is 1. The molecule has 1 aromatic heterocycles. The fourth-order valence-electron chi connectivity index (χ4n) is 0.728. The van der Waals surface area contributed by atoms with Gasteiger partial charge >= 0.3 is 0 Å². The third-order valence-electron chi connectivity index (χ3n) is 1.44. The predicted octanol–water partition coefficient (Wildman–Crippen LogP) is 1.92. The van der Waals surface area contributed by atoms with Crippen molar-refractivity contribution in [3.8, 4) is 0 Å². The van der Waals surface area contributed by atoms with E-state index in [9.17, 15) is 4.79 Å². The van der Waals surface area contributed by atoms with Gasteiger partial charge in [-0.15, -0.1) is 0 Å². The lowest BCUT2D eigenvalue weighted by Gasteiger charge is -2.05. The van der Waals surface area contributed by atoms with Gasteiger partial charge in [0.2, 0.25) is 5.91 Å². The lowest BCUT2D eigenvalue weighted by atomic mass is 10.4. The number of rotatable bonds is 3. The maximum absolute atomic E-state index is 11.2. The van der Waals surface area contributed by atoms with Crippen LogP contribution in [0.1, 0.15) is 6.92 Å². The maximum atomic E-state index is 11.2. The third-order valence-corrected chi connectivity index (χ3v) is 2.43. The van der Waals surface area contributed by atoms with E-state index in [-0.39, 0.29) is 10.7 Å². The van der Waals surface area contributed by atoms with Crippen LogP contribution >= 0.6 is 27.7 Å². The van der Waals surface area contributed by atoms with Crippen LogP contribution in [0.4, 0.5) is 5.69 Å². The number of aromatic nitrogens is 2. The Kier molecular flexibility index (Phi) is 4.34. The number of anilines is 1. The van der Waals surface area contributed by atoms with Crippen molar-refractivity contribution in [1.29, 1.82) is 0 Å². The van der Waals surface area contributed by atoms with Crippen LogP contribution in [-0.2, 0) is 4.79 Å². The fourth-order valence-corrected chi connectivity index (χ4v) is 1.16. The molecule has 1 unspecified atom stereocenters.